The Balaban J connectivity index is 1.98. The molecule has 0 saturated carbocycles. The number of anilines is 1. The topological polar surface area (TPSA) is 77.6 Å². The van der Waals surface area contributed by atoms with Crippen molar-refractivity contribution in [2.75, 3.05) is 18.0 Å². The highest BCUT2D eigenvalue weighted by atomic mass is 16.2. The number of urea groups is 1. The van der Waals surface area contributed by atoms with Crippen molar-refractivity contribution in [3.8, 4) is 0 Å². The van der Waals surface area contributed by atoms with Gasteiger partial charge >= 0.3 is 6.03 Å². The molecule has 0 radical (unpaired) electrons. The molecular formula is C12H15N5O2. The van der Waals surface area contributed by atoms with Crippen molar-refractivity contribution < 1.29 is 9.59 Å². The number of hydrogen-bond acceptors (Lipinski definition) is 4. The van der Waals surface area contributed by atoms with Gasteiger partial charge in [0.05, 0.1) is 11.9 Å². The predicted molar refractivity (Wildman–Crippen MR) is 68.2 cm³/mol. The van der Waals surface area contributed by atoms with Gasteiger partial charge in [0.15, 0.2) is 0 Å². The lowest BCUT2D eigenvalue weighted by molar-refractivity contribution is -0.132. The van der Waals surface area contributed by atoms with E-state index in [-0.39, 0.29) is 24.3 Å². The molecule has 3 heterocycles. The van der Waals surface area contributed by atoms with Crippen LogP contribution in [0, 0.1) is 0 Å². The largest absolute Gasteiger partial charge is 0.325 e. The molecule has 2 saturated heterocycles. The fourth-order valence-corrected chi connectivity index (χ4v) is 2.60. The van der Waals surface area contributed by atoms with Gasteiger partial charge in [-0.2, -0.15) is 0 Å². The van der Waals surface area contributed by atoms with E-state index in [0.29, 0.717) is 18.8 Å². The predicted octanol–water partition coefficient (Wildman–Crippen LogP) is -0.285. The standard InChI is InChI=1S/C12H15N5O2/c1-8(18)16-6-5-14-10-11(16)17(12(19)15-10)9-3-2-4-13-7-9/h2-4,7,10-11,14H,5-6H2,1H3,(H,15,19). The van der Waals surface area contributed by atoms with E-state index in [2.05, 4.69) is 15.6 Å². The summed E-state index contributed by atoms with van der Waals surface area (Å²) < 4.78 is 0. The smallest absolute Gasteiger partial charge is 0.318 e. The minimum atomic E-state index is -0.344. The monoisotopic (exact) mass is 261 g/mol. The molecule has 19 heavy (non-hydrogen) atoms. The zero-order valence-corrected chi connectivity index (χ0v) is 10.5. The maximum absolute atomic E-state index is 12.1. The Morgan fingerprint density at radius 3 is 3.05 bits per heavy atom. The molecular weight excluding hydrogens is 246 g/mol. The normalized spacial score (nSPS) is 26.1. The molecule has 2 aliphatic rings. The Labute approximate surface area is 110 Å². The highest BCUT2D eigenvalue weighted by Gasteiger charge is 2.46. The Bertz CT molecular complexity index is 506. The van der Waals surface area contributed by atoms with Gasteiger partial charge in [-0.15, -0.1) is 0 Å². The number of nitrogens with one attached hydrogen (secondary N) is 2. The second-order valence-electron chi connectivity index (χ2n) is 4.59. The molecule has 1 aromatic rings. The average molecular weight is 261 g/mol. The first-order chi connectivity index (χ1) is 9.18. The maximum atomic E-state index is 12.1. The molecule has 0 spiro atoms. The molecule has 7 heteroatoms. The van der Waals surface area contributed by atoms with Gasteiger partial charge in [-0.3, -0.25) is 20.0 Å². The molecule has 3 rings (SSSR count). The van der Waals surface area contributed by atoms with Crippen LogP contribution in [0.15, 0.2) is 24.5 Å². The molecule has 100 valence electrons. The third kappa shape index (κ3) is 1.91. The first kappa shape index (κ1) is 11.9. The second-order valence-corrected chi connectivity index (χ2v) is 4.59. The third-order valence-electron chi connectivity index (χ3n) is 3.43. The lowest BCUT2D eigenvalue weighted by Crippen LogP contribution is -2.63. The van der Waals surface area contributed by atoms with E-state index in [1.165, 1.54) is 6.92 Å². The molecule has 2 atom stereocenters. The van der Waals surface area contributed by atoms with Crippen LogP contribution in [0.3, 0.4) is 0 Å². The van der Waals surface area contributed by atoms with Crippen LogP contribution in [-0.4, -0.2) is 47.2 Å². The summed E-state index contributed by atoms with van der Waals surface area (Å²) in [5.74, 6) is -0.0399. The Kier molecular flexibility index (Phi) is 2.83. The summed E-state index contributed by atoms with van der Waals surface area (Å²) >= 11 is 0. The van der Waals surface area contributed by atoms with Crippen molar-refractivity contribution in [3.63, 3.8) is 0 Å². The number of rotatable bonds is 1. The summed E-state index contributed by atoms with van der Waals surface area (Å²) in [5.41, 5.74) is 0.683. The van der Waals surface area contributed by atoms with Crippen LogP contribution >= 0.6 is 0 Å². The molecule has 2 unspecified atom stereocenters. The van der Waals surface area contributed by atoms with Crippen molar-refractivity contribution in [2.24, 2.45) is 0 Å². The van der Waals surface area contributed by atoms with Crippen molar-refractivity contribution >= 4 is 17.6 Å². The second kappa shape index (κ2) is 4.51. The van der Waals surface area contributed by atoms with Crippen molar-refractivity contribution in [1.29, 1.82) is 0 Å². The van der Waals surface area contributed by atoms with Gasteiger partial charge in [-0.05, 0) is 12.1 Å². The van der Waals surface area contributed by atoms with Crippen LogP contribution in [0.25, 0.3) is 0 Å². The van der Waals surface area contributed by atoms with Gasteiger partial charge in [0.2, 0.25) is 5.91 Å². The van der Waals surface area contributed by atoms with E-state index < -0.39 is 0 Å². The van der Waals surface area contributed by atoms with Crippen molar-refractivity contribution in [3.05, 3.63) is 24.5 Å². The summed E-state index contributed by atoms with van der Waals surface area (Å²) in [4.78, 5) is 31.2. The molecule has 7 nitrogen and oxygen atoms in total. The molecule has 2 fully saturated rings. The van der Waals surface area contributed by atoms with E-state index >= 15 is 0 Å². The number of pyridine rings is 1. The fraction of sp³-hybridized carbons (Fsp3) is 0.417. The van der Waals surface area contributed by atoms with Crippen LogP contribution < -0.4 is 15.5 Å². The van der Waals surface area contributed by atoms with E-state index in [0.717, 1.165) is 0 Å². The van der Waals surface area contributed by atoms with Gasteiger partial charge in [0.1, 0.15) is 12.3 Å². The molecule has 2 N–H and O–H groups in total. The Hall–Kier alpha value is -2.15. The summed E-state index contributed by atoms with van der Waals surface area (Å²) in [7, 11) is 0. The number of carbonyl (C=O) groups excluding carboxylic acids is 2. The van der Waals surface area contributed by atoms with Gasteiger partial charge in [-0.25, -0.2) is 4.79 Å². The molecule has 3 amide bonds. The number of nitrogens with zero attached hydrogens (tertiary/aromatic N) is 3. The summed E-state index contributed by atoms with van der Waals surface area (Å²) in [6.45, 7) is 2.77. The zero-order chi connectivity index (χ0) is 13.4. The number of hydrogen-bond donors (Lipinski definition) is 2. The highest BCUT2D eigenvalue weighted by molar-refractivity contribution is 5.96. The molecule has 0 bridgehead atoms. The number of carbonyl (C=O) groups is 2. The van der Waals surface area contributed by atoms with E-state index in [4.69, 9.17) is 0 Å². The van der Waals surface area contributed by atoms with E-state index in [1.54, 1.807) is 28.3 Å². The third-order valence-corrected chi connectivity index (χ3v) is 3.43. The van der Waals surface area contributed by atoms with Crippen LogP contribution in [-0.2, 0) is 4.79 Å². The Morgan fingerprint density at radius 1 is 1.53 bits per heavy atom. The van der Waals surface area contributed by atoms with Crippen LogP contribution in [0.4, 0.5) is 10.5 Å². The summed E-state index contributed by atoms with van der Waals surface area (Å²) in [6, 6.07) is 3.36. The molecule has 1 aromatic heterocycles. The highest BCUT2D eigenvalue weighted by Crippen LogP contribution is 2.25. The summed E-state index contributed by atoms with van der Waals surface area (Å²) in [5, 5.41) is 6.05. The van der Waals surface area contributed by atoms with Gasteiger partial charge in [0, 0.05) is 26.2 Å². The van der Waals surface area contributed by atoms with Crippen molar-refractivity contribution in [1.82, 2.24) is 20.5 Å². The van der Waals surface area contributed by atoms with E-state index in [1.807, 2.05) is 6.07 Å². The first-order valence-electron chi connectivity index (χ1n) is 6.19. The summed E-state index contributed by atoms with van der Waals surface area (Å²) in [6.07, 6.45) is 2.68. The van der Waals surface area contributed by atoms with Gasteiger partial charge < -0.3 is 10.2 Å². The van der Waals surface area contributed by atoms with Gasteiger partial charge in [0.25, 0.3) is 0 Å². The quantitative estimate of drug-likeness (QED) is 0.728. The maximum Gasteiger partial charge on any atom is 0.325 e. The number of fused-ring (bicyclic) bond motifs is 1. The average Bonchev–Trinajstić information content (AvgIpc) is 2.75. The number of amides is 3. The van der Waals surface area contributed by atoms with Crippen molar-refractivity contribution in [2.45, 2.75) is 19.3 Å². The molecule has 0 aromatic carbocycles. The number of piperazine rings is 1. The molecule has 2 aliphatic heterocycles. The number of aromatic nitrogens is 1. The fourth-order valence-electron chi connectivity index (χ4n) is 2.60. The molecule has 0 aliphatic carbocycles. The van der Waals surface area contributed by atoms with E-state index in [9.17, 15) is 9.59 Å². The minimum absolute atomic E-state index is 0.0399. The lowest BCUT2D eigenvalue weighted by Gasteiger charge is -2.39. The first-order valence-corrected chi connectivity index (χ1v) is 6.19. The minimum Gasteiger partial charge on any atom is -0.318 e. The van der Waals surface area contributed by atoms with Crippen LogP contribution in [0.2, 0.25) is 0 Å². The van der Waals surface area contributed by atoms with Crippen LogP contribution in [0.5, 0.6) is 0 Å². The lowest BCUT2D eigenvalue weighted by atomic mass is 10.2. The zero-order valence-electron chi connectivity index (χ0n) is 10.5. The Morgan fingerprint density at radius 2 is 2.37 bits per heavy atom. The SMILES string of the molecule is CC(=O)N1CCNC2NC(=O)N(c3cccnc3)C21. The van der Waals surface area contributed by atoms with Crippen LogP contribution in [0.1, 0.15) is 6.92 Å². The van der Waals surface area contributed by atoms with Gasteiger partial charge in [-0.1, -0.05) is 0 Å².